The molecule has 1 fully saturated rings. The average Bonchev–Trinajstić information content (AvgIpc) is 2.32. The lowest BCUT2D eigenvalue weighted by Gasteiger charge is -2.38. The van der Waals surface area contributed by atoms with E-state index in [0.29, 0.717) is 6.04 Å². The van der Waals surface area contributed by atoms with Gasteiger partial charge in [-0.1, -0.05) is 0 Å². The maximum absolute atomic E-state index is 5.89. The van der Waals surface area contributed by atoms with Crippen molar-refractivity contribution in [2.24, 2.45) is 0 Å². The zero-order valence-corrected chi connectivity index (χ0v) is 11.5. The molecular formula is C14H23N3O. The van der Waals surface area contributed by atoms with Gasteiger partial charge in [0.1, 0.15) is 5.75 Å². The van der Waals surface area contributed by atoms with Crippen molar-refractivity contribution in [2.75, 3.05) is 39.5 Å². The number of nitrogens with two attached hydrogens (primary N) is 1. The van der Waals surface area contributed by atoms with Crippen LogP contribution in [-0.2, 0) is 6.54 Å². The van der Waals surface area contributed by atoms with Crippen molar-refractivity contribution >= 4 is 5.69 Å². The van der Waals surface area contributed by atoms with Gasteiger partial charge in [0.2, 0.25) is 0 Å². The fourth-order valence-corrected chi connectivity index (χ4v) is 2.54. The van der Waals surface area contributed by atoms with Crippen LogP contribution in [0.25, 0.3) is 0 Å². The molecule has 2 rings (SSSR count). The quantitative estimate of drug-likeness (QED) is 0.823. The number of anilines is 1. The monoisotopic (exact) mass is 249 g/mol. The van der Waals surface area contributed by atoms with Crippen LogP contribution in [-0.4, -0.2) is 49.6 Å². The Morgan fingerprint density at radius 3 is 2.78 bits per heavy atom. The van der Waals surface area contributed by atoms with Crippen molar-refractivity contribution in [1.29, 1.82) is 0 Å². The van der Waals surface area contributed by atoms with Crippen molar-refractivity contribution in [3.05, 3.63) is 23.8 Å². The van der Waals surface area contributed by atoms with E-state index in [9.17, 15) is 0 Å². The number of likely N-dealkylation sites (N-methyl/N-ethyl adjacent to an activating group) is 1. The highest BCUT2D eigenvalue weighted by Crippen LogP contribution is 2.21. The van der Waals surface area contributed by atoms with Gasteiger partial charge in [-0.25, -0.2) is 0 Å². The van der Waals surface area contributed by atoms with Crippen molar-refractivity contribution in [3.63, 3.8) is 0 Å². The standard InChI is InChI=1S/C14H23N3O/c1-11-9-16(2)4-5-17(11)10-12-6-13(15)8-14(7-12)18-3/h6-8,11H,4-5,9-10,15H2,1-3H3. The van der Waals surface area contributed by atoms with E-state index in [2.05, 4.69) is 29.8 Å². The minimum atomic E-state index is 0.580. The van der Waals surface area contributed by atoms with E-state index in [4.69, 9.17) is 10.5 Å². The summed E-state index contributed by atoms with van der Waals surface area (Å²) in [6.45, 7) is 6.58. The molecule has 1 aliphatic rings. The maximum atomic E-state index is 5.89. The molecule has 1 heterocycles. The fourth-order valence-electron chi connectivity index (χ4n) is 2.54. The number of rotatable bonds is 3. The van der Waals surface area contributed by atoms with E-state index < -0.39 is 0 Å². The molecule has 0 bridgehead atoms. The van der Waals surface area contributed by atoms with Crippen molar-refractivity contribution < 1.29 is 4.74 Å². The van der Waals surface area contributed by atoms with Gasteiger partial charge in [-0.2, -0.15) is 0 Å². The van der Waals surface area contributed by atoms with E-state index in [1.165, 1.54) is 5.56 Å². The van der Waals surface area contributed by atoms with Crippen LogP contribution in [0.15, 0.2) is 18.2 Å². The van der Waals surface area contributed by atoms with E-state index in [1.807, 2.05) is 12.1 Å². The first-order chi connectivity index (χ1) is 8.58. The summed E-state index contributed by atoms with van der Waals surface area (Å²) in [6, 6.07) is 6.54. The summed E-state index contributed by atoms with van der Waals surface area (Å²) >= 11 is 0. The number of piperazine rings is 1. The molecule has 1 unspecified atom stereocenters. The molecule has 0 amide bonds. The predicted molar refractivity (Wildman–Crippen MR) is 74.8 cm³/mol. The van der Waals surface area contributed by atoms with Crippen LogP contribution in [0.5, 0.6) is 5.75 Å². The Morgan fingerprint density at radius 2 is 2.11 bits per heavy atom. The van der Waals surface area contributed by atoms with Crippen LogP contribution in [0.3, 0.4) is 0 Å². The molecule has 4 heteroatoms. The Labute approximate surface area is 109 Å². The molecule has 1 atom stereocenters. The summed E-state index contributed by atoms with van der Waals surface area (Å²) in [5.41, 5.74) is 7.88. The predicted octanol–water partition coefficient (Wildman–Crippen LogP) is 1.41. The molecule has 1 saturated heterocycles. The van der Waals surface area contributed by atoms with Crippen LogP contribution in [0.1, 0.15) is 12.5 Å². The number of hydrogen-bond acceptors (Lipinski definition) is 4. The van der Waals surface area contributed by atoms with Crippen LogP contribution in [0.4, 0.5) is 5.69 Å². The second kappa shape index (κ2) is 5.59. The number of methoxy groups -OCH3 is 1. The minimum Gasteiger partial charge on any atom is -0.497 e. The average molecular weight is 249 g/mol. The Balaban J connectivity index is 2.06. The topological polar surface area (TPSA) is 41.7 Å². The van der Waals surface area contributed by atoms with Crippen LogP contribution in [0.2, 0.25) is 0 Å². The van der Waals surface area contributed by atoms with E-state index >= 15 is 0 Å². The van der Waals surface area contributed by atoms with Gasteiger partial charge >= 0.3 is 0 Å². The number of nitrogen functional groups attached to an aromatic ring is 1. The van der Waals surface area contributed by atoms with Gasteiger partial charge < -0.3 is 15.4 Å². The first-order valence-corrected chi connectivity index (χ1v) is 6.44. The summed E-state index contributed by atoms with van der Waals surface area (Å²) in [6.07, 6.45) is 0. The zero-order chi connectivity index (χ0) is 13.1. The van der Waals surface area contributed by atoms with Gasteiger partial charge in [-0.15, -0.1) is 0 Å². The molecule has 18 heavy (non-hydrogen) atoms. The lowest BCUT2D eigenvalue weighted by Crippen LogP contribution is -2.49. The smallest absolute Gasteiger partial charge is 0.121 e. The molecule has 1 aromatic rings. The zero-order valence-electron chi connectivity index (χ0n) is 11.5. The lowest BCUT2D eigenvalue weighted by atomic mass is 10.1. The second-order valence-corrected chi connectivity index (χ2v) is 5.20. The summed E-state index contributed by atoms with van der Waals surface area (Å²) in [5.74, 6) is 0.840. The first-order valence-electron chi connectivity index (χ1n) is 6.44. The molecule has 0 radical (unpaired) electrons. The molecule has 0 spiro atoms. The van der Waals surface area contributed by atoms with E-state index in [0.717, 1.165) is 37.6 Å². The Morgan fingerprint density at radius 1 is 1.33 bits per heavy atom. The van der Waals surface area contributed by atoms with Gasteiger partial charge in [0.25, 0.3) is 0 Å². The van der Waals surface area contributed by atoms with Crippen molar-refractivity contribution in [1.82, 2.24) is 9.80 Å². The molecule has 1 aromatic carbocycles. The highest BCUT2D eigenvalue weighted by Gasteiger charge is 2.21. The van der Waals surface area contributed by atoms with Crippen LogP contribution < -0.4 is 10.5 Å². The molecule has 1 aliphatic heterocycles. The SMILES string of the molecule is COc1cc(N)cc(CN2CCN(C)CC2C)c1. The molecule has 0 aromatic heterocycles. The third kappa shape index (κ3) is 3.15. The fraction of sp³-hybridized carbons (Fsp3) is 0.571. The number of hydrogen-bond donors (Lipinski definition) is 1. The molecule has 0 aliphatic carbocycles. The van der Waals surface area contributed by atoms with Crippen molar-refractivity contribution in [3.8, 4) is 5.75 Å². The maximum Gasteiger partial charge on any atom is 0.121 e. The molecule has 100 valence electrons. The lowest BCUT2D eigenvalue weighted by molar-refractivity contribution is 0.0938. The van der Waals surface area contributed by atoms with E-state index in [-0.39, 0.29) is 0 Å². The van der Waals surface area contributed by atoms with Gasteiger partial charge in [0, 0.05) is 44.0 Å². The van der Waals surface area contributed by atoms with Gasteiger partial charge in [-0.05, 0) is 31.7 Å². The highest BCUT2D eigenvalue weighted by atomic mass is 16.5. The van der Waals surface area contributed by atoms with Crippen LogP contribution >= 0.6 is 0 Å². The molecule has 2 N–H and O–H groups in total. The first kappa shape index (κ1) is 13.2. The van der Waals surface area contributed by atoms with Gasteiger partial charge in [0.15, 0.2) is 0 Å². The molecular weight excluding hydrogens is 226 g/mol. The highest BCUT2D eigenvalue weighted by molar-refractivity contribution is 5.47. The number of nitrogens with zero attached hydrogens (tertiary/aromatic N) is 2. The van der Waals surface area contributed by atoms with Gasteiger partial charge in [-0.3, -0.25) is 4.90 Å². The van der Waals surface area contributed by atoms with E-state index in [1.54, 1.807) is 7.11 Å². The largest absolute Gasteiger partial charge is 0.497 e. The normalized spacial score (nSPS) is 22.1. The third-order valence-corrected chi connectivity index (χ3v) is 3.58. The summed E-state index contributed by atoms with van der Waals surface area (Å²) in [4.78, 5) is 4.87. The van der Waals surface area contributed by atoms with Crippen LogP contribution in [0, 0.1) is 0 Å². The Kier molecular flexibility index (Phi) is 4.09. The number of benzene rings is 1. The molecule has 0 saturated carbocycles. The number of ether oxygens (including phenoxy) is 1. The second-order valence-electron chi connectivity index (χ2n) is 5.20. The summed E-state index contributed by atoms with van der Waals surface area (Å²) in [5, 5.41) is 0. The van der Waals surface area contributed by atoms with Crippen molar-refractivity contribution in [2.45, 2.75) is 19.5 Å². The minimum absolute atomic E-state index is 0.580. The summed E-state index contributed by atoms with van der Waals surface area (Å²) < 4.78 is 5.26. The summed E-state index contributed by atoms with van der Waals surface area (Å²) in [7, 11) is 3.86. The Bertz CT molecular complexity index is 408. The molecule has 4 nitrogen and oxygen atoms in total. The van der Waals surface area contributed by atoms with Gasteiger partial charge in [0.05, 0.1) is 7.11 Å². The third-order valence-electron chi connectivity index (χ3n) is 3.58. The Hall–Kier alpha value is -1.26.